The van der Waals surface area contributed by atoms with E-state index in [0.717, 1.165) is 19.1 Å². The molecule has 0 spiro atoms. The van der Waals surface area contributed by atoms with Crippen LogP contribution in [-0.4, -0.2) is 34.9 Å². The molecule has 5 nitrogen and oxygen atoms in total. The Labute approximate surface area is 113 Å². The van der Waals surface area contributed by atoms with Gasteiger partial charge in [-0.25, -0.2) is 16.8 Å². The summed E-state index contributed by atoms with van der Waals surface area (Å²) in [4.78, 5) is 0.231. The molecule has 106 valence electrons. The molecule has 0 saturated heterocycles. The quantitative estimate of drug-likeness (QED) is 0.859. The summed E-state index contributed by atoms with van der Waals surface area (Å²) < 4.78 is 46.8. The zero-order chi connectivity index (χ0) is 14.3. The van der Waals surface area contributed by atoms with E-state index in [9.17, 15) is 16.8 Å². The van der Waals surface area contributed by atoms with E-state index in [-0.39, 0.29) is 21.6 Å². The molecule has 1 saturated carbocycles. The Hall–Kier alpha value is -0.920. The monoisotopic (exact) mass is 303 g/mol. The summed E-state index contributed by atoms with van der Waals surface area (Å²) in [6, 6.07) is 4.94. The molecule has 1 aliphatic rings. The Morgan fingerprint density at radius 3 is 2.00 bits per heavy atom. The molecule has 1 aromatic carbocycles. The molecular weight excluding hydrogens is 286 g/mol. The molecule has 7 heteroatoms. The Morgan fingerprint density at radius 1 is 1.11 bits per heavy atom. The molecule has 0 bridgehead atoms. The van der Waals surface area contributed by atoms with E-state index >= 15 is 0 Å². The van der Waals surface area contributed by atoms with Crippen molar-refractivity contribution in [3.05, 3.63) is 24.3 Å². The molecule has 19 heavy (non-hydrogen) atoms. The highest BCUT2D eigenvalue weighted by atomic mass is 32.2. The fourth-order valence-corrected chi connectivity index (χ4v) is 4.06. The van der Waals surface area contributed by atoms with Gasteiger partial charge in [-0.15, -0.1) is 0 Å². The van der Waals surface area contributed by atoms with Crippen LogP contribution in [0.4, 0.5) is 0 Å². The van der Waals surface area contributed by atoms with Crippen molar-refractivity contribution in [2.45, 2.75) is 28.7 Å². The zero-order valence-electron chi connectivity index (χ0n) is 10.6. The number of nitrogens with two attached hydrogens (primary N) is 1. The lowest BCUT2D eigenvalue weighted by molar-refractivity contribution is 0.574. The second-order valence-electron chi connectivity index (χ2n) is 5.03. The van der Waals surface area contributed by atoms with Crippen molar-refractivity contribution in [2.75, 3.05) is 12.0 Å². The first kappa shape index (κ1) is 14.5. The number of hydrogen-bond acceptors (Lipinski definition) is 5. The van der Waals surface area contributed by atoms with E-state index in [1.54, 1.807) is 0 Å². The molecule has 2 rings (SSSR count). The summed E-state index contributed by atoms with van der Waals surface area (Å²) in [7, 11) is -6.76. The van der Waals surface area contributed by atoms with Crippen molar-refractivity contribution in [1.82, 2.24) is 0 Å². The third kappa shape index (κ3) is 3.55. The molecule has 0 radical (unpaired) electrons. The minimum Gasteiger partial charge on any atom is -0.327 e. The summed E-state index contributed by atoms with van der Waals surface area (Å²) in [5, 5.41) is 0. The molecule has 1 atom stereocenters. The first-order valence-electron chi connectivity index (χ1n) is 5.98. The van der Waals surface area contributed by atoms with Gasteiger partial charge in [-0.2, -0.15) is 0 Å². The Morgan fingerprint density at radius 2 is 1.58 bits per heavy atom. The summed E-state index contributed by atoms with van der Waals surface area (Å²) in [6.07, 6.45) is 3.06. The fourth-order valence-electron chi connectivity index (χ4n) is 1.90. The smallest absolute Gasteiger partial charge is 0.179 e. The third-order valence-corrected chi connectivity index (χ3v) is 6.19. The number of benzene rings is 1. The highest BCUT2D eigenvalue weighted by molar-refractivity contribution is 7.91. The zero-order valence-corrected chi connectivity index (χ0v) is 12.2. The average molecular weight is 303 g/mol. The lowest BCUT2D eigenvalue weighted by Gasteiger charge is -2.11. The Balaban J connectivity index is 2.21. The van der Waals surface area contributed by atoms with Gasteiger partial charge in [0, 0.05) is 12.3 Å². The number of rotatable bonds is 5. The van der Waals surface area contributed by atoms with Crippen LogP contribution < -0.4 is 5.73 Å². The standard InChI is InChI=1S/C12H17NO4S2/c1-18(14,15)10-4-6-11(7-5-10)19(16,17)8-12(13)9-2-3-9/h4-7,9,12H,2-3,8,13H2,1H3. The van der Waals surface area contributed by atoms with Gasteiger partial charge in [-0.1, -0.05) is 0 Å². The molecule has 1 aromatic rings. The predicted molar refractivity (Wildman–Crippen MR) is 72.3 cm³/mol. The molecule has 1 aliphatic carbocycles. The topological polar surface area (TPSA) is 94.3 Å². The van der Waals surface area contributed by atoms with Gasteiger partial charge >= 0.3 is 0 Å². The molecule has 0 aromatic heterocycles. The van der Waals surface area contributed by atoms with E-state index in [4.69, 9.17) is 5.73 Å². The average Bonchev–Trinajstić information content (AvgIpc) is 3.11. The van der Waals surface area contributed by atoms with Crippen molar-refractivity contribution in [1.29, 1.82) is 0 Å². The van der Waals surface area contributed by atoms with Crippen LogP contribution in [0.15, 0.2) is 34.1 Å². The summed E-state index contributed by atoms with van der Waals surface area (Å²) in [5.41, 5.74) is 5.83. The van der Waals surface area contributed by atoms with Gasteiger partial charge in [-0.05, 0) is 43.0 Å². The molecule has 0 heterocycles. The summed E-state index contributed by atoms with van der Waals surface area (Å²) in [6.45, 7) is 0. The van der Waals surface area contributed by atoms with Crippen LogP contribution in [0, 0.1) is 5.92 Å². The third-order valence-electron chi connectivity index (χ3n) is 3.25. The van der Waals surface area contributed by atoms with Crippen LogP contribution in [-0.2, 0) is 19.7 Å². The lowest BCUT2D eigenvalue weighted by atomic mass is 10.2. The maximum atomic E-state index is 12.1. The van der Waals surface area contributed by atoms with E-state index in [2.05, 4.69) is 0 Å². The van der Waals surface area contributed by atoms with Gasteiger partial charge in [0.05, 0.1) is 15.5 Å². The lowest BCUT2D eigenvalue weighted by Crippen LogP contribution is -2.31. The largest absolute Gasteiger partial charge is 0.327 e. The van der Waals surface area contributed by atoms with Gasteiger partial charge < -0.3 is 5.73 Å². The van der Waals surface area contributed by atoms with Gasteiger partial charge in [-0.3, -0.25) is 0 Å². The minimum absolute atomic E-state index is 0.0874. The van der Waals surface area contributed by atoms with Crippen molar-refractivity contribution >= 4 is 19.7 Å². The van der Waals surface area contributed by atoms with Crippen LogP contribution in [0.5, 0.6) is 0 Å². The van der Waals surface area contributed by atoms with Gasteiger partial charge in [0.25, 0.3) is 0 Å². The van der Waals surface area contributed by atoms with E-state index in [1.165, 1.54) is 24.3 Å². The van der Waals surface area contributed by atoms with E-state index in [1.807, 2.05) is 0 Å². The van der Waals surface area contributed by atoms with Crippen molar-refractivity contribution in [2.24, 2.45) is 11.7 Å². The normalized spacial score (nSPS) is 18.2. The number of hydrogen-bond donors (Lipinski definition) is 1. The van der Waals surface area contributed by atoms with Crippen LogP contribution >= 0.6 is 0 Å². The maximum Gasteiger partial charge on any atom is 0.179 e. The van der Waals surface area contributed by atoms with E-state index < -0.39 is 19.7 Å². The Bertz CT molecular complexity index is 658. The first-order chi connectivity index (χ1) is 8.70. The van der Waals surface area contributed by atoms with Crippen LogP contribution in [0.3, 0.4) is 0 Å². The van der Waals surface area contributed by atoms with Crippen molar-refractivity contribution < 1.29 is 16.8 Å². The number of sulfone groups is 2. The predicted octanol–water partition coefficient (Wildman–Crippen LogP) is 0.601. The fraction of sp³-hybridized carbons (Fsp3) is 0.500. The van der Waals surface area contributed by atoms with Gasteiger partial charge in [0.2, 0.25) is 0 Å². The summed E-state index contributed by atoms with van der Waals surface area (Å²) in [5.74, 6) is 0.223. The van der Waals surface area contributed by atoms with E-state index in [0.29, 0.717) is 5.92 Å². The first-order valence-corrected chi connectivity index (χ1v) is 9.53. The van der Waals surface area contributed by atoms with Crippen molar-refractivity contribution in [3.8, 4) is 0 Å². The minimum atomic E-state index is -3.45. The van der Waals surface area contributed by atoms with Crippen LogP contribution in [0.1, 0.15) is 12.8 Å². The SMILES string of the molecule is CS(=O)(=O)c1ccc(S(=O)(=O)CC(N)C2CC2)cc1. The molecule has 0 aliphatic heterocycles. The molecular formula is C12H17NO4S2. The highest BCUT2D eigenvalue weighted by Gasteiger charge is 2.32. The Kier molecular flexibility index (Phi) is 3.72. The van der Waals surface area contributed by atoms with Crippen LogP contribution in [0.2, 0.25) is 0 Å². The maximum absolute atomic E-state index is 12.1. The van der Waals surface area contributed by atoms with Crippen molar-refractivity contribution in [3.63, 3.8) is 0 Å². The molecule has 2 N–H and O–H groups in total. The van der Waals surface area contributed by atoms with Gasteiger partial charge in [0.1, 0.15) is 0 Å². The molecule has 1 unspecified atom stereocenters. The molecule has 1 fully saturated rings. The highest BCUT2D eigenvalue weighted by Crippen LogP contribution is 2.32. The van der Waals surface area contributed by atoms with Gasteiger partial charge in [0.15, 0.2) is 19.7 Å². The van der Waals surface area contributed by atoms with Crippen LogP contribution in [0.25, 0.3) is 0 Å². The second-order valence-corrected chi connectivity index (χ2v) is 9.08. The second kappa shape index (κ2) is 4.88. The summed E-state index contributed by atoms with van der Waals surface area (Å²) >= 11 is 0. The molecule has 0 amide bonds.